The number of thioether (sulfide) groups is 1. The minimum absolute atomic E-state index is 0.119. The third kappa shape index (κ3) is 5.32. The van der Waals surface area contributed by atoms with Crippen LogP contribution in [0.3, 0.4) is 0 Å². The van der Waals surface area contributed by atoms with Crippen molar-refractivity contribution in [2.45, 2.75) is 32.1 Å². The van der Waals surface area contributed by atoms with E-state index in [1.165, 1.54) is 43.7 Å². The minimum Gasteiger partial charge on any atom is -0.396 e. The van der Waals surface area contributed by atoms with Crippen molar-refractivity contribution in [3.63, 3.8) is 0 Å². The first kappa shape index (κ1) is 16.9. The Balaban J connectivity index is 1.87. The predicted molar refractivity (Wildman–Crippen MR) is 93.0 cm³/mol. The molecule has 0 bridgehead atoms. The van der Waals surface area contributed by atoms with Gasteiger partial charge in [0.15, 0.2) is 0 Å². The van der Waals surface area contributed by atoms with Crippen LogP contribution in [-0.4, -0.2) is 48.3 Å². The van der Waals surface area contributed by atoms with E-state index in [4.69, 9.17) is 0 Å². The van der Waals surface area contributed by atoms with E-state index in [9.17, 15) is 5.11 Å². The van der Waals surface area contributed by atoms with Crippen LogP contribution in [0.4, 0.5) is 0 Å². The van der Waals surface area contributed by atoms with E-state index in [2.05, 4.69) is 41.5 Å². The molecule has 0 amide bonds. The zero-order valence-corrected chi connectivity index (χ0v) is 14.1. The molecule has 1 atom stereocenters. The van der Waals surface area contributed by atoms with Gasteiger partial charge in [-0.1, -0.05) is 30.3 Å². The summed E-state index contributed by atoms with van der Waals surface area (Å²) >= 11 is 1.93. The highest BCUT2D eigenvalue weighted by Gasteiger charge is 2.34. The van der Waals surface area contributed by atoms with Gasteiger partial charge in [-0.3, -0.25) is 0 Å². The summed E-state index contributed by atoms with van der Waals surface area (Å²) in [5, 5.41) is 9.98. The first-order valence-corrected chi connectivity index (χ1v) is 9.53. The number of aryl methyl sites for hydroxylation is 1. The summed E-state index contributed by atoms with van der Waals surface area (Å²) in [7, 11) is 0. The maximum absolute atomic E-state index is 9.98. The molecule has 21 heavy (non-hydrogen) atoms. The second-order valence-electron chi connectivity index (χ2n) is 6.37. The van der Waals surface area contributed by atoms with Crippen molar-refractivity contribution < 1.29 is 5.11 Å². The SMILES string of the molecule is CSCCCN1CCC[C@@](CO)(CCc2ccccc2)C1. The summed E-state index contributed by atoms with van der Waals surface area (Å²) in [6, 6.07) is 10.7. The molecule has 1 N–H and O–H groups in total. The molecule has 0 saturated carbocycles. The van der Waals surface area contributed by atoms with E-state index in [1.807, 2.05) is 11.8 Å². The van der Waals surface area contributed by atoms with Crippen LogP contribution in [0.1, 0.15) is 31.2 Å². The second kappa shape index (κ2) is 8.82. The Kier molecular flexibility index (Phi) is 7.08. The van der Waals surface area contributed by atoms with Crippen LogP contribution in [0, 0.1) is 5.41 Å². The van der Waals surface area contributed by atoms with E-state index >= 15 is 0 Å². The number of aliphatic hydroxyl groups excluding tert-OH is 1. The van der Waals surface area contributed by atoms with Crippen molar-refractivity contribution in [2.75, 3.05) is 38.2 Å². The molecule has 118 valence electrons. The van der Waals surface area contributed by atoms with Crippen molar-refractivity contribution in [3.05, 3.63) is 35.9 Å². The van der Waals surface area contributed by atoms with Crippen LogP contribution in [0.25, 0.3) is 0 Å². The van der Waals surface area contributed by atoms with Gasteiger partial charge in [-0.15, -0.1) is 0 Å². The minimum atomic E-state index is 0.119. The summed E-state index contributed by atoms with van der Waals surface area (Å²) < 4.78 is 0. The van der Waals surface area contributed by atoms with E-state index in [0.29, 0.717) is 6.61 Å². The number of hydrogen-bond acceptors (Lipinski definition) is 3. The fraction of sp³-hybridized carbons (Fsp3) is 0.667. The van der Waals surface area contributed by atoms with Gasteiger partial charge >= 0.3 is 0 Å². The van der Waals surface area contributed by atoms with Crippen LogP contribution in [0.2, 0.25) is 0 Å². The fourth-order valence-corrected chi connectivity index (χ4v) is 3.82. The molecule has 1 aliphatic rings. The zero-order valence-electron chi connectivity index (χ0n) is 13.3. The molecular weight excluding hydrogens is 278 g/mol. The maximum Gasteiger partial charge on any atom is 0.0499 e. The molecule has 1 aromatic rings. The van der Waals surface area contributed by atoms with Gasteiger partial charge in [0.25, 0.3) is 0 Å². The highest BCUT2D eigenvalue weighted by molar-refractivity contribution is 7.98. The van der Waals surface area contributed by atoms with Gasteiger partial charge in [0.2, 0.25) is 0 Å². The maximum atomic E-state index is 9.98. The third-order valence-corrected chi connectivity index (χ3v) is 5.38. The van der Waals surface area contributed by atoms with Crippen LogP contribution < -0.4 is 0 Å². The predicted octanol–water partition coefficient (Wildman–Crippen LogP) is 3.45. The topological polar surface area (TPSA) is 23.5 Å². The smallest absolute Gasteiger partial charge is 0.0499 e. The van der Waals surface area contributed by atoms with Gasteiger partial charge in [0.05, 0.1) is 0 Å². The zero-order chi connectivity index (χ0) is 15.0. The van der Waals surface area contributed by atoms with E-state index in [1.54, 1.807) is 0 Å². The molecule has 1 aromatic carbocycles. The van der Waals surface area contributed by atoms with Crippen LogP contribution in [0.5, 0.6) is 0 Å². The van der Waals surface area contributed by atoms with Gasteiger partial charge in [0, 0.05) is 18.6 Å². The molecule has 0 aromatic heterocycles. The standard InChI is InChI=1S/C18H29NOS/c1-21-14-6-13-19-12-5-10-18(15-19,16-20)11-9-17-7-3-2-4-8-17/h2-4,7-8,20H,5-6,9-16H2,1H3/t18-/m1/s1. The summed E-state index contributed by atoms with van der Waals surface area (Å²) in [6.07, 6.45) is 8.03. The molecule has 0 aliphatic carbocycles. The molecule has 2 nitrogen and oxygen atoms in total. The average molecular weight is 308 g/mol. The van der Waals surface area contributed by atoms with Gasteiger partial charge in [-0.25, -0.2) is 0 Å². The summed E-state index contributed by atoms with van der Waals surface area (Å²) in [4.78, 5) is 2.57. The summed E-state index contributed by atoms with van der Waals surface area (Å²) in [5.41, 5.74) is 1.51. The monoisotopic (exact) mass is 307 g/mol. The first-order valence-electron chi connectivity index (χ1n) is 8.14. The van der Waals surface area contributed by atoms with Gasteiger partial charge in [-0.2, -0.15) is 11.8 Å². The Labute approximate surface area is 133 Å². The fourth-order valence-electron chi connectivity index (χ4n) is 3.40. The van der Waals surface area contributed by atoms with Gasteiger partial charge in [0.1, 0.15) is 0 Å². The molecule has 0 unspecified atom stereocenters. The Morgan fingerprint density at radius 2 is 2.10 bits per heavy atom. The van der Waals surface area contributed by atoms with Crippen molar-refractivity contribution in [3.8, 4) is 0 Å². The number of piperidine rings is 1. The van der Waals surface area contributed by atoms with Gasteiger partial charge in [-0.05, 0) is 62.8 Å². The van der Waals surface area contributed by atoms with E-state index < -0.39 is 0 Å². The Hall–Kier alpha value is -0.510. The van der Waals surface area contributed by atoms with E-state index in [0.717, 1.165) is 19.4 Å². The lowest BCUT2D eigenvalue weighted by atomic mass is 9.76. The molecule has 2 rings (SSSR count). The van der Waals surface area contributed by atoms with Crippen molar-refractivity contribution in [1.82, 2.24) is 4.90 Å². The highest BCUT2D eigenvalue weighted by Crippen LogP contribution is 2.34. The normalized spacial score (nSPS) is 23.3. The molecule has 0 spiro atoms. The molecule has 0 radical (unpaired) electrons. The molecular formula is C18H29NOS. The van der Waals surface area contributed by atoms with Crippen molar-refractivity contribution in [1.29, 1.82) is 0 Å². The lowest BCUT2D eigenvalue weighted by Gasteiger charge is -2.42. The molecule has 3 heteroatoms. The number of hydrogen-bond donors (Lipinski definition) is 1. The Morgan fingerprint density at radius 3 is 2.81 bits per heavy atom. The molecule has 1 aliphatic heterocycles. The van der Waals surface area contributed by atoms with Crippen LogP contribution >= 0.6 is 11.8 Å². The second-order valence-corrected chi connectivity index (χ2v) is 7.36. The Bertz CT molecular complexity index is 397. The van der Waals surface area contributed by atoms with Crippen LogP contribution in [0.15, 0.2) is 30.3 Å². The lowest BCUT2D eigenvalue weighted by molar-refractivity contribution is 0.0260. The molecule has 1 heterocycles. The number of likely N-dealkylation sites (tertiary alicyclic amines) is 1. The van der Waals surface area contributed by atoms with Crippen LogP contribution in [-0.2, 0) is 6.42 Å². The molecule has 1 fully saturated rings. The lowest BCUT2D eigenvalue weighted by Crippen LogP contribution is -2.46. The Morgan fingerprint density at radius 1 is 1.29 bits per heavy atom. The first-order chi connectivity index (χ1) is 10.3. The summed E-state index contributed by atoms with van der Waals surface area (Å²) in [5.74, 6) is 1.24. The molecule has 1 saturated heterocycles. The number of nitrogens with zero attached hydrogens (tertiary/aromatic N) is 1. The number of rotatable bonds is 8. The average Bonchev–Trinajstić information content (AvgIpc) is 2.55. The largest absolute Gasteiger partial charge is 0.396 e. The van der Waals surface area contributed by atoms with Gasteiger partial charge < -0.3 is 10.0 Å². The number of aliphatic hydroxyl groups is 1. The highest BCUT2D eigenvalue weighted by atomic mass is 32.2. The van der Waals surface area contributed by atoms with Crippen molar-refractivity contribution in [2.24, 2.45) is 5.41 Å². The number of benzene rings is 1. The third-order valence-electron chi connectivity index (χ3n) is 4.69. The van der Waals surface area contributed by atoms with Crippen molar-refractivity contribution >= 4 is 11.8 Å². The summed E-state index contributed by atoms with van der Waals surface area (Å²) in [6.45, 7) is 3.80. The quantitative estimate of drug-likeness (QED) is 0.744. The van der Waals surface area contributed by atoms with E-state index in [-0.39, 0.29) is 5.41 Å².